The Balaban J connectivity index is 2.59. The van der Waals surface area contributed by atoms with Gasteiger partial charge in [0.2, 0.25) is 0 Å². The summed E-state index contributed by atoms with van der Waals surface area (Å²) >= 11 is 3.29. The summed E-state index contributed by atoms with van der Waals surface area (Å²) in [6, 6.07) is 5.42. The maximum atomic E-state index is 10.9. The highest BCUT2D eigenvalue weighted by molar-refractivity contribution is 9.10. The van der Waals surface area contributed by atoms with Gasteiger partial charge in [-0.2, -0.15) is 0 Å². The number of hydrogen-bond donors (Lipinski definition) is 2. The monoisotopic (exact) mass is 292 g/mol. The fourth-order valence-electron chi connectivity index (χ4n) is 1.07. The summed E-state index contributed by atoms with van der Waals surface area (Å²) in [7, 11) is -2.93. The first-order valence-corrected chi connectivity index (χ1v) is 7.20. The van der Waals surface area contributed by atoms with E-state index in [9.17, 15) is 8.42 Å². The molecule has 0 aliphatic carbocycles. The fraction of sp³-hybridized carbons (Fsp3) is 0.333. The van der Waals surface area contributed by atoms with Crippen LogP contribution in [0.2, 0.25) is 0 Å². The fourth-order valence-corrected chi connectivity index (χ4v) is 1.92. The summed E-state index contributed by atoms with van der Waals surface area (Å²) in [5, 5.41) is 2.97. The van der Waals surface area contributed by atoms with Crippen molar-refractivity contribution in [2.45, 2.75) is 0 Å². The normalized spacial score (nSPS) is 11.3. The summed E-state index contributed by atoms with van der Waals surface area (Å²) in [4.78, 5) is 0. The first kappa shape index (κ1) is 12.3. The molecule has 0 aliphatic heterocycles. The van der Waals surface area contributed by atoms with E-state index in [1.54, 1.807) is 6.07 Å². The average Bonchev–Trinajstić information content (AvgIpc) is 2.07. The summed E-state index contributed by atoms with van der Waals surface area (Å²) in [6.07, 6.45) is 1.21. The van der Waals surface area contributed by atoms with Crippen molar-refractivity contribution in [2.24, 2.45) is 0 Å². The Morgan fingerprint density at radius 3 is 2.67 bits per heavy atom. The third-order valence-electron chi connectivity index (χ3n) is 1.80. The van der Waals surface area contributed by atoms with Crippen LogP contribution < -0.4 is 11.1 Å². The molecule has 0 saturated carbocycles. The highest BCUT2D eigenvalue weighted by Gasteiger charge is 2.03. The molecular formula is C9H13BrN2O2S. The van der Waals surface area contributed by atoms with Crippen molar-refractivity contribution >= 4 is 37.1 Å². The third-order valence-corrected chi connectivity index (χ3v) is 3.24. The number of nitrogens with one attached hydrogen (secondary N) is 1. The molecule has 0 spiro atoms. The Kier molecular flexibility index (Phi) is 3.98. The van der Waals surface area contributed by atoms with Crippen molar-refractivity contribution in [3.63, 3.8) is 0 Å². The number of nitrogens with two attached hydrogens (primary N) is 1. The highest BCUT2D eigenvalue weighted by atomic mass is 79.9. The molecule has 1 rings (SSSR count). The molecule has 84 valence electrons. The Labute approximate surface area is 97.9 Å². The molecule has 4 nitrogen and oxygen atoms in total. The van der Waals surface area contributed by atoms with Gasteiger partial charge in [-0.25, -0.2) is 8.42 Å². The van der Waals surface area contributed by atoms with E-state index in [1.165, 1.54) is 6.26 Å². The zero-order valence-electron chi connectivity index (χ0n) is 8.33. The predicted octanol–water partition coefficient (Wildman–Crippen LogP) is 1.49. The van der Waals surface area contributed by atoms with Gasteiger partial charge in [0.25, 0.3) is 0 Å². The van der Waals surface area contributed by atoms with Gasteiger partial charge < -0.3 is 11.1 Å². The smallest absolute Gasteiger partial charge is 0.149 e. The number of benzene rings is 1. The van der Waals surface area contributed by atoms with E-state index < -0.39 is 9.84 Å². The Bertz CT molecular complexity index is 445. The molecular weight excluding hydrogens is 280 g/mol. The molecule has 15 heavy (non-hydrogen) atoms. The van der Waals surface area contributed by atoms with E-state index >= 15 is 0 Å². The molecule has 0 fully saturated rings. The van der Waals surface area contributed by atoms with Crippen molar-refractivity contribution < 1.29 is 8.42 Å². The van der Waals surface area contributed by atoms with Gasteiger partial charge in [-0.3, -0.25) is 0 Å². The van der Waals surface area contributed by atoms with E-state index in [-0.39, 0.29) is 5.75 Å². The van der Waals surface area contributed by atoms with E-state index in [1.807, 2.05) is 12.1 Å². The molecule has 0 aromatic heterocycles. The first-order valence-electron chi connectivity index (χ1n) is 4.35. The van der Waals surface area contributed by atoms with Gasteiger partial charge in [0.15, 0.2) is 0 Å². The SMILES string of the molecule is CS(=O)(=O)CCNc1ccc(Br)cc1N. The maximum absolute atomic E-state index is 10.9. The van der Waals surface area contributed by atoms with Gasteiger partial charge in [-0.15, -0.1) is 0 Å². The molecule has 0 aliphatic rings. The zero-order chi connectivity index (χ0) is 11.5. The van der Waals surface area contributed by atoms with Gasteiger partial charge in [-0.05, 0) is 18.2 Å². The molecule has 0 bridgehead atoms. The predicted molar refractivity (Wildman–Crippen MR) is 66.8 cm³/mol. The quantitative estimate of drug-likeness (QED) is 0.825. The Morgan fingerprint density at radius 2 is 2.13 bits per heavy atom. The second-order valence-corrected chi connectivity index (χ2v) is 6.46. The second kappa shape index (κ2) is 4.85. The van der Waals surface area contributed by atoms with E-state index in [0.29, 0.717) is 12.2 Å². The number of hydrogen-bond acceptors (Lipinski definition) is 4. The zero-order valence-corrected chi connectivity index (χ0v) is 10.7. The van der Waals surface area contributed by atoms with E-state index in [4.69, 9.17) is 5.73 Å². The van der Waals surface area contributed by atoms with Gasteiger partial charge in [0, 0.05) is 17.3 Å². The number of sulfone groups is 1. The Morgan fingerprint density at radius 1 is 1.47 bits per heavy atom. The highest BCUT2D eigenvalue weighted by Crippen LogP contribution is 2.22. The molecule has 6 heteroatoms. The third kappa shape index (κ3) is 4.53. The first-order chi connectivity index (χ1) is 6.88. The van der Waals surface area contributed by atoms with Crippen LogP contribution in [0.5, 0.6) is 0 Å². The van der Waals surface area contributed by atoms with Crippen LogP contribution >= 0.6 is 15.9 Å². The number of nitrogen functional groups attached to an aromatic ring is 1. The maximum Gasteiger partial charge on any atom is 0.149 e. The summed E-state index contributed by atoms with van der Waals surface area (Å²) < 4.78 is 22.7. The summed E-state index contributed by atoms with van der Waals surface area (Å²) in [5.74, 6) is 0.0997. The molecule has 0 radical (unpaired) electrons. The van der Waals surface area contributed by atoms with E-state index in [2.05, 4.69) is 21.2 Å². The van der Waals surface area contributed by atoms with Gasteiger partial charge in [0.1, 0.15) is 9.84 Å². The van der Waals surface area contributed by atoms with Crippen LogP contribution in [0.3, 0.4) is 0 Å². The topological polar surface area (TPSA) is 72.2 Å². The number of halogens is 1. The molecule has 0 atom stereocenters. The lowest BCUT2D eigenvalue weighted by Gasteiger charge is -2.08. The van der Waals surface area contributed by atoms with E-state index in [0.717, 1.165) is 10.2 Å². The number of rotatable bonds is 4. The summed E-state index contributed by atoms with van der Waals surface area (Å²) in [6.45, 7) is 0.366. The lowest BCUT2D eigenvalue weighted by molar-refractivity contribution is 0.602. The average molecular weight is 293 g/mol. The molecule has 0 amide bonds. The van der Waals surface area contributed by atoms with Crippen LogP contribution in [0, 0.1) is 0 Å². The lowest BCUT2D eigenvalue weighted by Crippen LogP contribution is -2.14. The van der Waals surface area contributed by atoms with Crippen LogP contribution in [0.4, 0.5) is 11.4 Å². The molecule has 3 N–H and O–H groups in total. The molecule has 0 unspecified atom stereocenters. The molecule has 0 saturated heterocycles. The molecule has 0 heterocycles. The molecule has 1 aromatic rings. The number of anilines is 2. The van der Waals surface area contributed by atoms with Crippen LogP contribution in [-0.2, 0) is 9.84 Å². The summed E-state index contributed by atoms with van der Waals surface area (Å²) in [5.41, 5.74) is 7.08. The van der Waals surface area contributed by atoms with Crippen LogP contribution in [0.1, 0.15) is 0 Å². The van der Waals surface area contributed by atoms with Gasteiger partial charge in [0.05, 0.1) is 17.1 Å². The lowest BCUT2D eigenvalue weighted by atomic mass is 10.3. The largest absolute Gasteiger partial charge is 0.397 e. The van der Waals surface area contributed by atoms with Crippen molar-refractivity contribution in [3.8, 4) is 0 Å². The van der Waals surface area contributed by atoms with Crippen molar-refractivity contribution in [1.82, 2.24) is 0 Å². The second-order valence-electron chi connectivity index (χ2n) is 3.29. The standard InChI is InChI=1S/C9H13BrN2O2S/c1-15(13,14)5-4-12-9-3-2-7(10)6-8(9)11/h2-3,6,12H,4-5,11H2,1H3. The minimum Gasteiger partial charge on any atom is -0.397 e. The van der Waals surface area contributed by atoms with Gasteiger partial charge in [-0.1, -0.05) is 15.9 Å². The van der Waals surface area contributed by atoms with Crippen LogP contribution in [0.25, 0.3) is 0 Å². The molecule has 1 aromatic carbocycles. The van der Waals surface area contributed by atoms with Crippen LogP contribution in [0.15, 0.2) is 22.7 Å². The van der Waals surface area contributed by atoms with Crippen molar-refractivity contribution in [1.29, 1.82) is 0 Å². The van der Waals surface area contributed by atoms with Crippen LogP contribution in [-0.4, -0.2) is 27.0 Å². The minimum absolute atomic E-state index is 0.0997. The van der Waals surface area contributed by atoms with Crippen molar-refractivity contribution in [3.05, 3.63) is 22.7 Å². The van der Waals surface area contributed by atoms with Crippen molar-refractivity contribution in [2.75, 3.05) is 29.6 Å². The van der Waals surface area contributed by atoms with Gasteiger partial charge >= 0.3 is 0 Å². The Hall–Kier alpha value is -0.750. The minimum atomic E-state index is -2.93.